The molecule has 1 aliphatic heterocycles. The standard InChI is InChI=1S/C14H17FN2O3/c1-19-14(16-9-12-6-3-7-20-12)17-13(18)10-4-2-5-11(15)8-10/h2,4-5,8,12H,3,6-7,9H2,1H3,(H,16,17,18)/t12-/m1/s1. The predicted molar refractivity (Wildman–Crippen MR) is 72.2 cm³/mol. The van der Waals surface area contributed by atoms with Crippen molar-refractivity contribution in [2.45, 2.75) is 18.9 Å². The molecule has 2 rings (SSSR count). The lowest BCUT2D eigenvalue weighted by Crippen LogP contribution is -2.32. The van der Waals surface area contributed by atoms with Gasteiger partial charge in [-0.05, 0) is 31.0 Å². The first-order valence-electron chi connectivity index (χ1n) is 6.46. The second-order valence-corrected chi connectivity index (χ2v) is 4.45. The van der Waals surface area contributed by atoms with Crippen LogP contribution in [0, 0.1) is 5.82 Å². The summed E-state index contributed by atoms with van der Waals surface area (Å²) in [7, 11) is 1.42. The Hall–Kier alpha value is -1.95. The molecule has 1 amide bonds. The van der Waals surface area contributed by atoms with E-state index in [2.05, 4.69) is 10.3 Å². The predicted octanol–water partition coefficient (Wildman–Crippen LogP) is 1.74. The number of aliphatic imine (C=N–C) groups is 1. The minimum Gasteiger partial charge on any atom is -0.468 e. The maximum absolute atomic E-state index is 13.0. The summed E-state index contributed by atoms with van der Waals surface area (Å²) in [6, 6.07) is 5.53. The first kappa shape index (κ1) is 14.5. The number of amides is 1. The van der Waals surface area contributed by atoms with Crippen molar-refractivity contribution in [1.29, 1.82) is 0 Å². The molecule has 1 saturated heterocycles. The highest BCUT2D eigenvalue weighted by Crippen LogP contribution is 2.11. The molecule has 1 fully saturated rings. The maximum atomic E-state index is 13.0. The SMILES string of the molecule is COC(=NC[C@H]1CCCO1)NC(=O)c1cccc(F)c1. The van der Waals surface area contributed by atoms with E-state index in [4.69, 9.17) is 9.47 Å². The average Bonchev–Trinajstić information content (AvgIpc) is 2.96. The Kier molecular flexibility index (Phi) is 5.06. The molecule has 6 heteroatoms. The summed E-state index contributed by atoms with van der Waals surface area (Å²) in [5.41, 5.74) is 0.215. The topological polar surface area (TPSA) is 59.9 Å². The van der Waals surface area contributed by atoms with Crippen molar-refractivity contribution in [2.24, 2.45) is 4.99 Å². The van der Waals surface area contributed by atoms with Crippen LogP contribution >= 0.6 is 0 Å². The number of hydrogen-bond donors (Lipinski definition) is 1. The van der Waals surface area contributed by atoms with Gasteiger partial charge in [-0.15, -0.1) is 0 Å². The van der Waals surface area contributed by atoms with E-state index >= 15 is 0 Å². The highest BCUT2D eigenvalue weighted by molar-refractivity contribution is 6.04. The van der Waals surface area contributed by atoms with Crippen LogP contribution in [0.2, 0.25) is 0 Å². The van der Waals surface area contributed by atoms with Gasteiger partial charge >= 0.3 is 0 Å². The number of benzene rings is 1. The van der Waals surface area contributed by atoms with Gasteiger partial charge in [-0.25, -0.2) is 9.38 Å². The Labute approximate surface area is 116 Å². The fourth-order valence-corrected chi connectivity index (χ4v) is 1.93. The summed E-state index contributed by atoms with van der Waals surface area (Å²) >= 11 is 0. The Morgan fingerprint density at radius 3 is 3.10 bits per heavy atom. The summed E-state index contributed by atoms with van der Waals surface area (Å²) in [6.45, 7) is 1.19. The summed E-state index contributed by atoms with van der Waals surface area (Å²) < 4.78 is 23.5. The third-order valence-corrected chi connectivity index (χ3v) is 2.96. The van der Waals surface area contributed by atoms with E-state index in [1.807, 2.05) is 0 Å². The molecule has 20 heavy (non-hydrogen) atoms. The number of carbonyl (C=O) groups is 1. The highest BCUT2D eigenvalue weighted by atomic mass is 19.1. The number of nitrogens with one attached hydrogen (secondary N) is 1. The summed E-state index contributed by atoms with van der Waals surface area (Å²) in [4.78, 5) is 16.0. The molecule has 1 N–H and O–H groups in total. The van der Waals surface area contributed by atoms with Gasteiger partial charge in [0, 0.05) is 12.2 Å². The van der Waals surface area contributed by atoms with E-state index < -0.39 is 11.7 Å². The lowest BCUT2D eigenvalue weighted by molar-refractivity contribution is 0.0965. The number of amidine groups is 1. The molecule has 1 atom stereocenters. The molecule has 1 aromatic rings. The van der Waals surface area contributed by atoms with Gasteiger partial charge in [-0.1, -0.05) is 6.07 Å². The zero-order valence-electron chi connectivity index (χ0n) is 11.3. The molecular formula is C14H17FN2O3. The van der Waals surface area contributed by atoms with Crippen LogP contribution in [0.3, 0.4) is 0 Å². The van der Waals surface area contributed by atoms with E-state index in [-0.39, 0.29) is 17.7 Å². The highest BCUT2D eigenvalue weighted by Gasteiger charge is 2.16. The van der Waals surface area contributed by atoms with Gasteiger partial charge < -0.3 is 9.47 Å². The van der Waals surface area contributed by atoms with Crippen LogP contribution in [0.15, 0.2) is 29.3 Å². The van der Waals surface area contributed by atoms with Crippen molar-refractivity contribution in [3.05, 3.63) is 35.6 Å². The van der Waals surface area contributed by atoms with Gasteiger partial charge in [0.2, 0.25) is 0 Å². The number of ether oxygens (including phenoxy) is 2. The average molecular weight is 280 g/mol. The number of nitrogens with zero attached hydrogens (tertiary/aromatic N) is 1. The van der Waals surface area contributed by atoms with Gasteiger partial charge in [-0.2, -0.15) is 0 Å². The Morgan fingerprint density at radius 1 is 1.60 bits per heavy atom. The zero-order chi connectivity index (χ0) is 14.4. The van der Waals surface area contributed by atoms with Crippen molar-refractivity contribution in [2.75, 3.05) is 20.3 Å². The second-order valence-electron chi connectivity index (χ2n) is 4.45. The molecule has 108 valence electrons. The van der Waals surface area contributed by atoms with E-state index in [1.165, 1.54) is 25.3 Å². The minimum atomic E-state index is -0.465. The molecule has 1 aromatic carbocycles. The van der Waals surface area contributed by atoms with E-state index in [0.29, 0.717) is 6.54 Å². The summed E-state index contributed by atoms with van der Waals surface area (Å²) in [6.07, 6.45) is 2.06. The molecule has 1 aliphatic rings. The van der Waals surface area contributed by atoms with Crippen LogP contribution in [0.4, 0.5) is 4.39 Å². The first-order valence-corrected chi connectivity index (χ1v) is 6.46. The lowest BCUT2D eigenvalue weighted by atomic mass is 10.2. The largest absolute Gasteiger partial charge is 0.468 e. The van der Waals surface area contributed by atoms with Crippen LogP contribution < -0.4 is 5.32 Å². The maximum Gasteiger partial charge on any atom is 0.291 e. The molecule has 0 bridgehead atoms. The van der Waals surface area contributed by atoms with Crippen LogP contribution in [-0.2, 0) is 9.47 Å². The Bertz CT molecular complexity index is 499. The van der Waals surface area contributed by atoms with E-state index in [9.17, 15) is 9.18 Å². The molecule has 0 spiro atoms. The fraction of sp³-hybridized carbons (Fsp3) is 0.429. The molecule has 0 radical (unpaired) electrons. The number of methoxy groups -OCH3 is 1. The third kappa shape index (κ3) is 4.03. The first-order chi connectivity index (χ1) is 9.69. The second kappa shape index (κ2) is 7.00. The fourth-order valence-electron chi connectivity index (χ4n) is 1.93. The van der Waals surface area contributed by atoms with Gasteiger partial charge in [0.25, 0.3) is 11.9 Å². The van der Waals surface area contributed by atoms with E-state index in [1.54, 1.807) is 0 Å². The summed E-state index contributed by atoms with van der Waals surface area (Å²) in [5, 5.41) is 2.50. The molecule has 0 saturated carbocycles. The molecule has 5 nitrogen and oxygen atoms in total. The van der Waals surface area contributed by atoms with E-state index in [0.717, 1.165) is 25.5 Å². The van der Waals surface area contributed by atoms with Gasteiger partial charge in [0.1, 0.15) is 5.82 Å². The molecule has 0 aromatic heterocycles. The lowest BCUT2D eigenvalue weighted by Gasteiger charge is -2.09. The zero-order valence-corrected chi connectivity index (χ0v) is 11.3. The number of carbonyl (C=O) groups excluding carboxylic acids is 1. The van der Waals surface area contributed by atoms with Crippen molar-refractivity contribution in [1.82, 2.24) is 5.32 Å². The Morgan fingerprint density at radius 2 is 2.45 bits per heavy atom. The number of hydrogen-bond acceptors (Lipinski definition) is 4. The van der Waals surface area contributed by atoms with Crippen LogP contribution in [0.25, 0.3) is 0 Å². The monoisotopic (exact) mass is 280 g/mol. The van der Waals surface area contributed by atoms with Crippen molar-refractivity contribution in [3.63, 3.8) is 0 Å². The smallest absolute Gasteiger partial charge is 0.291 e. The normalized spacial score (nSPS) is 18.9. The van der Waals surface area contributed by atoms with Gasteiger partial charge in [-0.3, -0.25) is 10.1 Å². The van der Waals surface area contributed by atoms with Crippen LogP contribution in [-0.4, -0.2) is 38.3 Å². The van der Waals surface area contributed by atoms with Crippen molar-refractivity contribution >= 4 is 11.9 Å². The molecule has 0 unspecified atom stereocenters. The quantitative estimate of drug-likeness (QED) is 0.677. The summed E-state index contributed by atoms with van der Waals surface area (Å²) in [5.74, 6) is -0.926. The number of rotatable bonds is 3. The number of halogens is 1. The minimum absolute atomic E-state index is 0.0752. The van der Waals surface area contributed by atoms with Crippen molar-refractivity contribution < 1.29 is 18.7 Å². The van der Waals surface area contributed by atoms with Gasteiger partial charge in [0.05, 0.1) is 19.8 Å². The van der Waals surface area contributed by atoms with Crippen LogP contribution in [0.5, 0.6) is 0 Å². The van der Waals surface area contributed by atoms with Crippen LogP contribution in [0.1, 0.15) is 23.2 Å². The molecule has 1 heterocycles. The molecule has 0 aliphatic carbocycles. The van der Waals surface area contributed by atoms with Crippen molar-refractivity contribution in [3.8, 4) is 0 Å². The van der Waals surface area contributed by atoms with Gasteiger partial charge in [0.15, 0.2) is 0 Å². The third-order valence-electron chi connectivity index (χ3n) is 2.96. The Balaban J connectivity index is 1.94. The molecular weight excluding hydrogens is 263 g/mol.